The fourth-order valence-electron chi connectivity index (χ4n) is 1.70. The van der Waals surface area contributed by atoms with Gasteiger partial charge in [0.15, 0.2) is 0 Å². The highest BCUT2D eigenvalue weighted by Crippen LogP contribution is 2.29. The van der Waals surface area contributed by atoms with Crippen LogP contribution in [0.1, 0.15) is 38.1 Å². The summed E-state index contributed by atoms with van der Waals surface area (Å²) in [7, 11) is 0. The summed E-state index contributed by atoms with van der Waals surface area (Å²) in [5.74, 6) is 0. The minimum absolute atomic E-state index is 0.244. The minimum atomic E-state index is -0.244. The Balaban J connectivity index is 2.49. The maximum atomic E-state index is 9.27. The van der Waals surface area contributed by atoms with E-state index >= 15 is 0 Å². The Morgan fingerprint density at radius 3 is 2.60 bits per heavy atom. The summed E-state index contributed by atoms with van der Waals surface area (Å²) in [6, 6.07) is 2.72. The van der Waals surface area contributed by atoms with Crippen molar-refractivity contribution in [3.63, 3.8) is 0 Å². The highest BCUT2D eigenvalue weighted by molar-refractivity contribution is 9.10. The number of aliphatic hydroxyl groups excluding tert-OH is 1. The number of hydrogen-bond donors (Lipinski definition) is 2. The molecule has 3 unspecified atom stereocenters. The average molecular weight is 292 g/mol. The lowest BCUT2D eigenvalue weighted by Gasteiger charge is -2.20. The van der Waals surface area contributed by atoms with Crippen molar-refractivity contribution in [2.24, 2.45) is 0 Å². The van der Waals surface area contributed by atoms with Crippen molar-refractivity contribution < 1.29 is 5.11 Å². The molecule has 0 spiro atoms. The lowest BCUT2D eigenvalue weighted by atomic mass is 10.1. The van der Waals surface area contributed by atoms with E-state index in [0.717, 1.165) is 10.9 Å². The molecule has 1 aromatic heterocycles. The topological polar surface area (TPSA) is 32.3 Å². The van der Waals surface area contributed by atoms with Crippen LogP contribution in [0.4, 0.5) is 0 Å². The predicted octanol–water partition coefficient (Wildman–Crippen LogP) is 3.32. The van der Waals surface area contributed by atoms with E-state index in [2.05, 4.69) is 46.5 Å². The molecule has 0 amide bonds. The highest BCUT2D eigenvalue weighted by Gasteiger charge is 2.14. The molecule has 1 rings (SSSR count). The smallest absolute Gasteiger partial charge is 0.0526 e. The third-order valence-electron chi connectivity index (χ3n) is 2.27. The molecule has 15 heavy (non-hydrogen) atoms. The lowest BCUT2D eigenvalue weighted by Crippen LogP contribution is -2.31. The Morgan fingerprint density at radius 1 is 1.47 bits per heavy atom. The molecule has 0 aliphatic rings. The fourth-order valence-corrected chi connectivity index (χ4v) is 3.43. The Hall–Kier alpha value is 0.100. The van der Waals surface area contributed by atoms with Crippen LogP contribution in [0.15, 0.2) is 15.9 Å². The predicted molar refractivity (Wildman–Crippen MR) is 69.3 cm³/mol. The third kappa shape index (κ3) is 4.23. The average Bonchev–Trinajstić information content (AvgIpc) is 2.49. The zero-order valence-electron chi connectivity index (χ0n) is 9.33. The van der Waals surface area contributed by atoms with Crippen molar-refractivity contribution in [2.45, 2.75) is 45.4 Å². The molecule has 0 fully saturated rings. The van der Waals surface area contributed by atoms with Crippen molar-refractivity contribution in [1.29, 1.82) is 0 Å². The van der Waals surface area contributed by atoms with E-state index in [1.165, 1.54) is 4.88 Å². The molecule has 0 saturated carbocycles. The number of thiophene rings is 1. The van der Waals surface area contributed by atoms with Crippen LogP contribution in [-0.4, -0.2) is 17.3 Å². The van der Waals surface area contributed by atoms with E-state index in [9.17, 15) is 5.11 Å². The number of rotatable bonds is 5. The van der Waals surface area contributed by atoms with Crippen LogP contribution in [0.2, 0.25) is 0 Å². The van der Waals surface area contributed by atoms with Gasteiger partial charge in [0.2, 0.25) is 0 Å². The molecular formula is C11H18BrNOS. The summed E-state index contributed by atoms with van der Waals surface area (Å²) in [6.45, 7) is 6.07. The van der Waals surface area contributed by atoms with E-state index in [0.29, 0.717) is 12.1 Å². The Kier molecular flexibility index (Phi) is 5.26. The Morgan fingerprint density at radius 2 is 2.13 bits per heavy atom. The van der Waals surface area contributed by atoms with Gasteiger partial charge in [-0.25, -0.2) is 0 Å². The van der Waals surface area contributed by atoms with Crippen LogP contribution < -0.4 is 5.32 Å². The van der Waals surface area contributed by atoms with Gasteiger partial charge in [-0.05, 0) is 54.6 Å². The largest absolute Gasteiger partial charge is 0.393 e. The summed E-state index contributed by atoms with van der Waals surface area (Å²) in [5, 5.41) is 14.8. The second-order valence-electron chi connectivity index (χ2n) is 4.01. The molecule has 86 valence electrons. The molecule has 0 radical (unpaired) electrons. The highest BCUT2D eigenvalue weighted by atomic mass is 79.9. The standard InChI is InChI=1S/C11H18BrNOS/c1-7(6-8(2)14)13-9(3)11-10(12)4-5-15-11/h4-5,7-9,13-14H,6H2,1-3H3. The number of nitrogens with one attached hydrogen (secondary N) is 1. The van der Waals surface area contributed by atoms with Gasteiger partial charge in [0.25, 0.3) is 0 Å². The molecule has 3 atom stereocenters. The number of halogens is 1. The van der Waals surface area contributed by atoms with Crippen LogP contribution >= 0.6 is 27.3 Å². The van der Waals surface area contributed by atoms with Gasteiger partial charge in [-0.1, -0.05) is 0 Å². The van der Waals surface area contributed by atoms with Crippen LogP contribution in [-0.2, 0) is 0 Å². The van der Waals surface area contributed by atoms with Gasteiger partial charge in [0.05, 0.1) is 6.10 Å². The van der Waals surface area contributed by atoms with Crippen LogP contribution in [0.25, 0.3) is 0 Å². The van der Waals surface area contributed by atoms with Gasteiger partial charge >= 0.3 is 0 Å². The first-order valence-electron chi connectivity index (χ1n) is 5.17. The first kappa shape index (κ1) is 13.2. The first-order chi connectivity index (χ1) is 7.00. The first-order valence-corrected chi connectivity index (χ1v) is 6.85. The summed E-state index contributed by atoms with van der Waals surface area (Å²) >= 11 is 5.28. The zero-order chi connectivity index (χ0) is 11.4. The molecular weight excluding hydrogens is 274 g/mol. The Labute approximate surface area is 104 Å². The van der Waals surface area contributed by atoms with Crippen molar-refractivity contribution >= 4 is 27.3 Å². The quantitative estimate of drug-likeness (QED) is 0.872. The van der Waals surface area contributed by atoms with Gasteiger partial charge in [-0.2, -0.15) is 0 Å². The monoisotopic (exact) mass is 291 g/mol. The second kappa shape index (κ2) is 5.99. The summed E-state index contributed by atoms with van der Waals surface area (Å²) in [6.07, 6.45) is 0.541. The van der Waals surface area contributed by atoms with Gasteiger partial charge in [0, 0.05) is 21.4 Å². The van der Waals surface area contributed by atoms with E-state index in [4.69, 9.17) is 0 Å². The van der Waals surface area contributed by atoms with Crippen molar-refractivity contribution in [3.05, 3.63) is 20.8 Å². The molecule has 0 aliphatic heterocycles. The summed E-state index contributed by atoms with van der Waals surface area (Å²) in [4.78, 5) is 1.31. The maximum Gasteiger partial charge on any atom is 0.0526 e. The van der Waals surface area contributed by atoms with Crippen LogP contribution in [0.5, 0.6) is 0 Å². The molecule has 0 aromatic carbocycles. The van der Waals surface area contributed by atoms with Crippen LogP contribution in [0.3, 0.4) is 0 Å². The minimum Gasteiger partial charge on any atom is -0.393 e. The molecule has 2 nitrogen and oxygen atoms in total. The second-order valence-corrected chi connectivity index (χ2v) is 5.81. The molecule has 2 N–H and O–H groups in total. The zero-order valence-corrected chi connectivity index (χ0v) is 11.7. The van der Waals surface area contributed by atoms with E-state index in [1.807, 2.05) is 6.92 Å². The van der Waals surface area contributed by atoms with Crippen LogP contribution in [0, 0.1) is 0 Å². The fraction of sp³-hybridized carbons (Fsp3) is 0.636. The summed E-state index contributed by atoms with van der Waals surface area (Å²) in [5.41, 5.74) is 0. The van der Waals surface area contributed by atoms with Crippen molar-refractivity contribution in [3.8, 4) is 0 Å². The number of hydrogen-bond acceptors (Lipinski definition) is 3. The van der Waals surface area contributed by atoms with Crippen molar-refractivity contribution in [1.82, 2.24) is 5.32 Å². The number of aliphatic hydroxyl groups is 1. The molecule has 0 saturated heterocycles. The third-order valence-corrected chi connectivity index (χ3v) is 4.32. The lowest BCUT2D eigenvalue weighted by molar-refractivity contribution is 0.168. The van der Waals surface area contributed by atoms with E-state index in [-0.39, 0.29) is 6.10 Å². The maximum absolute atomic E-state index is 9.27. The summed E-state index contributed by atoms with van der Waals surface area (Å²) < 4.78 is 1.16. The molecule has 1 heterocycles. The molecule has 0 bridgehead atoms. The van der Waals surface area contributed by atoms with E-state index < -0.39 is 0 Å². The normalized spacial score (nSPS) is 17.4. The molecule has 0 aliphatic carbocycles. The molecule has 4 heteroatoms. The SMILES string of the molecule is CC(O)CC(C)NC(C)c1sccc1Br. The van der Waals surface area contributed by atoms with Gasteiger partial charge in [-0.3, -0.25) is 0 Å². The van der Waals surface area contributed by atoms with E-state index in [1.54, 1.807) is 11.3 Å². The van der Waals surface area contributed by atoms with Gasteiger partial charge in [-0.15, -0.1) is 11.3 Å². The van der Waals surface area contributed by atoms with Gasteiger partial charge < -0.3 is 10.4 Å². The van der Waals surface area contributed by atoms with Crippen molar-refractivity contribution in [2.75, 3.05) is 0 Å². The molecule has 1 aromatic rings. The van der Waals surface area contributed by atoms with Gasteiger partial charge in [0.1, 0.15) is 0 Å². The Bertz CT molecular complexity index is 301.